The van der Waals surface area contributed by atoms with Gasteiger partial charge in [0.05, 0.1) is 12.1 Å². The molecule has 0 saturated heterocycles. The molecule has 0 spiro atoms. The van der Waals surface area contributed by atoms with Gasteiger partial charge in [0.15, 0.2) is 0 Å². The molecule has 0 aliphatic heterocycles. The Kier molecular flexibility index (Phi) is 5.10. The fourth-order valence-corrected chi connectivity index (χ4v) is 1.67. The zero-order valence-electron chi connectivity index (χ0n) is 10.2. The van der Waals surface area contributed by atoms with Crippen molar-refractivity contribution in [3.8, 4) is 0 Å². The van der Waals surface area contributed by atoms with E-state index in [2.05, 4.69) is 5.32 Å². The molecule has 0 saturated carbocycles. The summed E-state index contributed by atoms with van der Waals surface area (Å²) < 4.78 is 13.5. The highest BCUT2D eigenvalue weighted by Crippen LogP contribution is 2.16. The summed E-state index contributed by atoms with van der Waals surface area (Å²) in [6, 6.07) is 5.51. The van der Waals surface area contributed by atoms with E-state index in [1.165, 1.54) is 6.07 Å². The Bertz CT molecular complexity index is 381. The third-order valence-corrected chi connectivity index (χ3v) is 2.67. The highest BCUT2D eigenvalue weighted by Gasteiger charge is 2.17. The van der Waals surface area contributed by atoms with Crippen molar-refractivity contribution in [2.24, 2.45) is 5.73 Å². The number of benzene rings is 1. The summed E-state index contributed by atoms with van der Waals surface area (Å²) in [7, 11) is 0. The van der Waals surface area contributed by atoms with Gasteiger partial charge in [0, 0.05) is 5.56 Å². The minimum atomic E-state index is -0.519. The topological polar surface area (TPSA) is 55.1 Å². The van der Waals surface area contributed by atoms with E-state index >= 15 is 0 Å². The predicted molar refractivity (Wildman–Crippen MR) is 65.8 cm³/mol. The summed E-state index contributed by atoms with van der Waals surface area (Å²) in [6.45, 7) is 3.71. The molecule has 17 heavy (non-hydrogen) atoms. The molecule has 0 bridgehead atoms. The third-order valence-electron chi connectivity index (χ3n) is 2.67. The Morgan fingerprint density at radius 3 is 2.71 bits per heavy atom. The Morgan fingerprint density at radius 1 is 1.47 bits per heavy atom. The number of nitrogens with one attached hydrogen (secondary N) is 1. The first kappa shape index (κ1) is 13.6. The van der Waals surface area contributed by atoms with E-state index in [4.69, 9.17) is 5.73 Å². The molecule has 1 aromatic carbocycles. The van der Waals surface area contributed by atoms with Crippen LogP contribution >= 0.6 is 0 Å². The lowest BCUT2D eigenvalue weighted by atomic mass is 10.1. The number of carbonyl (C=O) groups excluding carboxylic acids is 1. The first-order valence-corrected chi connectivity index (χ1v) is 5.86. The Balaban J connectivity index is 2.63. The van der Waals surface area contributed by atoms with Crippen LogP contribution in [0.4, 0.5) is 4.39 Å². The van der Waals surface area contributed by atoms with Gasteiger partial charge in [-0.1, -0.05) is 31.5 Å². The molecule has 0 unspecified atom stereocenters. The number of carbonyl (C=O) groups is 1. The van der Waals surface area contributed by atoms with Gasteiger partial charge in [-0.05, 0) is 19.4 Å². The fourth-order valence-electron chi connectivity index (χ4n) is 1.67. The zero-order chi connectivity index (χ0) is 12.8. The van der Waals surface area contributed by atoms with Crippen LogP contribution in [-0.4, -0.2) is 11.9 Å². The Morgan fingerprint density at radius 2 is 2.12 bits per heavy atom. The van der Waals surface area contributed by atoms with Crippen molar-refractivity contribution in [3.05, 3.63) is 35.6 Å². The molecule has 3 nitrogen and oxygen atoms in total. The molecular weight excluding hydrogens is 219 g/mol. The molecule has 4 heteroatoms. The number of nitrogens with two attached hydrogens (primary N) is 1. The highest BCUT2D eigenvalue weighted by molar-refractivity contribution is 5.81. The van der Waals surface area contributed by atoms with Crippen LogP contribution in [0.25, 0.3) is 0 Å². The van der Waals surface area contributed by atoms with Crippen molar-refractivity contribution in [1.29, 1.82) is 0 Å². The van der Waals surface area contributed by atoms with Crippen LogP contribution in [0.1, 0.15) is 38.3 Å². The molecule has 0 heterocycles. The van der Waals surface area contributed by atoms with Gasteiger partial charge < -0.3 is 11.1 Å². The van der Waals surface area contributed by atoms with E-state index in [1.54, 1.807) is 25.1 Å². The lowest BCUT2D eigenvalue weighted by Gasteiger charge is -2.18. The van der Waals surface area contributed by atoms with E-state index in [9.17, 15) is 9.18 Å². The van der Waals surface area contributed by atoms with Gasteiger partial charge >= 0.3 is 0 Å². The third kappa shape index (κ3) is 3.82. The fraction of sp³-hybridized carbons (Fsp3) is 0.462. The van der Waals surface area contributed by atoms with Gasteiger partial charge in [0.25, 0.3) is 0 Å². The van der Waals surface area contributed by atoms with Crippen LogP contribution < -0.4 is 11.1 Å². The molecule has 1 aromatic rings. The molecule has 0 radical (unpaired) electrons. The lowest BCUT2D eigenvalue weighted by Crippen LogP contribution is -2.41. The van der Waals surface area contributed by atoms with Gasteiger partial charge in [-0.3, -0.25) is 4.79 Å². The van der Waals surface area contributed by atoms with Crippen LogP contribution in [-0.2, 0) is 4.79 Å². The van der Waals surface area contributed by atoms with Gasteiger partial charge in [-0.15, -0.1) is 0 Å². The zero-order valence-corrected chi connectivity index (χ0v) is 10.2. The molecule has 94 valence electrons. The maximum atomic E-state index is 13.5. The SMILES string of the molecule is CCC[C@@H](N)C(=O)N[C@H](C)c1ccccc1F. The second-order valence-electron chi connectivity index (χ2n) is 4.15. The van der Waals surface area contributed by atoms with Crippen LogP contribution in [0.5, 0.6) is 0 Å². The summed E-state index contributed by atoms with van der Waals surface area (Å²) in [5.74, 6) is -0.549. The molecule has 0 fully saturated rings. The van der Waals surface area contributed by atoms with E-state index in [-0.39, 0.29) is 17.8 Å². The first-order chi connectivity index (χ1) is 8.06. The number of amides is 1. The van der Waals surface area contributed by atoms with Gasteiger partial charge in [0.2, 0.25) is 5.91 Å². The standard InChI is InChI=1S/C13H19FN2O/c1-3-6-12(15)13(17)16-9(2)10-7-4-5-8-11(10)14/h4-5,7-9,12H,3,6,15H2,1-2H3,(H,16,17)/t9-,12-/m1/s1. The maximum Gasteiger partial charge on any atom is 0.237 e. The molecular formula is C13H19FN2O. The Labute approximate surface area is 101 Å². The summed E-state index contributed by atoms with van der Waals surface area (Å²) >= 11 is 0. The number of hydrogen-bond acceptors (Lipinski definition) is 2. The summed E-state index contributed by atoms with van der Waals surface area (Å²) in [5.41, 5.74) is 6.16. The Hall–Kier alpha value is -1.42. The van der Waals surface area contributed by atoms with Crippen molar-refractivity contribution in [3.63, 3.8) is 0 Å². The van der Waals surface area contributed by atoms with E-state index in [0.29, 0.717) is 12.0 Å². The maximum absolute atomic E-state index is 13.5. The van der Waals surface area contributed by atoms with Crippen molar-refractivity contribution in [1.82, 2.24) is 5.32 Å². The molecule has 2 atom stereocenters. The summed E-state index contributed by atoms with van der Waals surface area (Å²) in [4.78, 5) is 11.7. The largest absolute Gasteiger partial charge is 0.348 e. The minimum absolute atomic E-state index is 0.234. The van der Waals surface area contributed by atoms with Crippen molar-refractivity contribution in [2.75, 3.05) is 0 Å². The van der Waals surface area contributed by atoms with E-state index < -0.39 is 6.04 Å². The average Bonchev–Trinajstić information content (AvgIpc) is 2.29. The normalized spacial score (nSPS) is 14.1. The van der Waals surface area contributed by atoms with Crippen LogP contribution in [0, 0.1) is 5.82 Å². The van der Waals surface area contributed by atoms with Crippen molar-refractivity contribution >= 4 is 5.91 Å². The van der Waals surface area contributed by atoms with Gasteiger partial charge in [-0.25, -0.2) is 4.39 Å². The number of rotatable bonds is 5. The second-order valence-corrected chi connectivity index (χ2v) is 4.15. The molecule has 3 N–H and O–H groups in total. The highest BCUT2D eigenvalue weighted by atomic mass is 19.1. The van der Waals surface area contributed by atoms with Crippen LogP contribution in [0.3, 0.4) is 0 Å². The molecule has 0 aliphatic rings. The van der Waals surface area contributed by atoms with Crippen molar-refractivity contribution < 1.29 is 9.18 Å². The van der Waals surface area contributed by atoms with Crippen LogP contribution in [0.15, 0.2) is 24.3 Å². The second kappa shape index (κ2) is 6.35. The van der Waals surface area contributed by atoms with E-state index in [1.807, 2.05) is 6.92 Å². The molecule has 0 aromatic heterocycles. The monoisotopic (exact) mass is 238 g/mol. The summed E-state index contributed by atoms with van der Waals surface area (Å²) in [6.07, 6.45) is 1.48. The minimum Gasteiger partial charge on any atom is -0.348 e. The molecule has 1 amide bonds. The van der Waals surface area contributed by atoms with Crippen molar-refractivity contribution in [2.45, 2.75) is 38.8 Å². The van der Waals surface area contributed by atoms with Crippen LogP contribution in [0.2, 0.25) is 0 Å². The number of hydrogen-bond donors (Lipinski definition) is 2. The van der Waals surface area contributed by atoms with Gasteiger partial charge in [0.1, 0.15) is 5.82 Å². The summed E-state index contributed by atoms with van der Waals surface area (Å²) in [5, 5.41) is 2.72. The molecule has 1 rings (SSSR count). The van der Waals surface area contributed by atoms with E-state index in [0.717, 1.165) is 6.42 Å². The smallest absolute Gasteiger partial charge is 0.237 e. The molecule has 0 aliphatic carbocycles. The predicted octanol–water partition coefficient (Wildman–Crippen LogP) is 2.13. The number of halogens is 1. The quantitative estimate of drug-likeness (QED) is 0.825. The average molecular weight is 238 g/mol. The van der Waals surface area contributed by atoms with Gasteiger partial charge in [-0.2, -0.15) is 0 Å². The lowest BCUT2D eigenvalue weighted by molar-refractivity contribution is -0.123. The first-order valence-electron chi connectivity index (χ1n) is 5.86.